The maximum Gasteiger partial charge on any atom is 0.270 e. The van der Waals surface area contributed by atoms with Crippen molar-refractivity contribution in [2.24, 2.45) is 10.2 Å². The molecule has 6 nitrogen and oxygen atoms in total. The van der Waals surface area contributed by atoms with E-state index >= 15 is 0 Å². The Hall–Kier alpha value is -2.12. The third-order valence-electron chi connectivity index (χ3n) is 6.61. The molecular formula is C24H35N5OSi. The number of anilines is 1. The molecule has 2 aromatic rings. The standard InChI is InChI=1S/C24H35N5OSi/c1-20-7-5-8-21(17-20)19-25-28-24-26-22(9-6-16-31(2)14-3-4-15-31)18-23(27-24)29-10-12-30-13-11-29/h5,7-8,17-18H,3-4,6,9-16,19H2,1-2H3. The quantitative estimate of drug-likeness (QED) is 0.392. The van der Waals surface area contributed by atoms with Gasteiger partial charge in [-0.2, -0.15) is 10.1 Å². The molecule has 4 rings (SSSR count). The van der Waals surface area contributed by atoms with Crippen LogP contribution in [0, 0.1) is 6.92 Å². The van der Waals surface area contributed by atoms with Crippen LogP contribution < -0.4 is 4.90 Å². The Morgan fingerprint density at radius 3 is 2.68 bits per heavy atom. The van der Waals surface area contributed by atoms with Crippen LogP contribution in [0.5, 0.6) is 0 Å². The molecule has 0 radical (unpaired) electrons. The SMILES string of the molecule is Cc1cccc(CN=Nc2nc(CCC[Si]3(C)CCCC3)cc(N3CCOCC3)n2)c1. The van der Waals surface area contributed by atoms with Crippen LogP contribution in [0.25, 0.3) is 0 Å². The summed E-state index contributed by atoms with van der Waals surface area (Å²) in [6.07, 6.45) is 5.12. The largest absolute Gasteiger partial charge is 0.378 e. The van der Waals surface area contributed by atoms with Crippen LogP contribution in [0.1, 0.15) is 36.1 Å². The van der Waals surface area contributed by atoms with Crippen molar-refractivity contribution in [3.63, 3.8) is 0 Å². The molecule has 0 amide bonds. The van der Waals surface area contributed by atoms with Crippen molar-refractivity contribution in [2.45, 2.75) is 63.8 Å². The van der Waals surface area contributed by atoms with Crippen molar-refractivity contribution >= 4 is 19.8 Å². The number of hydrogen-bond donors (Lipinski definition) is 0. The van der Waals surface area contributed by atoms with Gasteiger partial charge in [0.2, 0.25) is 0 Å². The summed E-state index contributed by atoms with van der Waals surface area (Å²) in [6.45, 7) is 8.44. The average molecular weight is 438 g/mol. The summed E-state index contributed by atoms with van der Waals surface area (Å²) in [6, 6.07) is 15.0. The van der Waals surface area contributed by atoms with E-state index in [0.29, 0.717) is 12.5 Å². The molecule has 0 bridgehead atoms. The Morgan fingerprint density at radius 2 is 1.90 bits per heavy atom. The summed E-state index contributed by atoms with van der Waals surface area (Å²) in [7, 11) is -0.975. The summed E-state index contributed by atoms with van der Waals surface area (Å²) >= 11 is 0. The maximum atomic E-state index is 5.52. The Balaban J connectivity index is 1.46. The van der Waals surface area contributed by atoms with Crippen molar-refractivity contribution in [3.05, 3.63) is 47.2 Å². The Bertz CT molecular complexity index is 891. The van der Waals surface area contributed by atoms with Crippen LogP contribution >= 0.6 is 0 Å². The Kier molecular flexibility index (Phi) is 7.45. The van der Waals surface area contributed by atoms with Gasteiger partial charge < -0.3 is 9.64 Å². The fourth-order valence-corrected chi connectivity index (χ4v) is 8.75. The zero-order chi connectivity index (χ0) is 21.5. The van der Waals surface area contributed by atoms with Crippen LogP contribution in [0.3, 0.4) is 0 Å². The second-order valence-electron chi connectivity index (χ2n) is 9.38. The Labute approximate surface area is 187 Å². The monoisotopic (exact) mass is 437 g/mol. The number of azo groups is 1. The highest BCUT2D eigenvalue weighted by Crippen LogP contribution is 2.34. The number of rotatable bonds is 8. The third-order valence-corrected chi connectivity index (χ3v) is 11.3. The summed E-state index contributed by atoms with van der Waals surface area (Å²) in [5.41, 5.74) is 3.49. The van der Waals surface area contributed by atoms with Gasteiger partial charge in [-0.25, -0.2) is 4.98 Å². The maximum absolute atomic E-state index is 5.52. The van der Waals surface area contributed by atoms with E-state index in [1.54, 1.807) is 0 Å². The highest BCUT2D eigenvalue weighted by molar-refractivity contribution is 6.79. The predicted molar refractivity (Wildman–Crippen MR) is 128 cm³/mol. The summed E-state index contributed by atoms with van der Waals surface area (Å²) in [5, 5.41) is 8.80. The number of hydrogen-bond acceptors (Lipinski definition) is 6. The molecule has 1 aromatic heterocycles. The molecule has 0 atom stereocenters. The van der Waals surface area contributed by atoms with Crippen LogP contribution in [-0.4, -0.2) is 44.3 Å². The summed E-state index contributed by atoms with van der Waals surface area (Å²) in [5.74, 6) is 1.44. The van der Waals surface area contributed by atoms with Gasteiger partial charge in [0.25, 0.3) is 5.95 Å². The number of benzene rings is 1. The topological polar surface area (TPSA) is 63.0 Å². The molecule has 31 heavy (non-hydrogen) atoms. The third kappa shape index (κ3) is 6.43. The second-order valence-corrected chi connectivity index (χ2v) is 14.5. The molecule has 0 spiro atoms. The van der Waals surface area contributed by atoms with E-state index in [4.69, 9.17) is 14.7 Å². The molecule has 2 saturated heterocycles. The highest BCUT2D eigenvalue weighted by atomic mass is 28.3. The van der Waals surface area contributed by atoms with Crippen LogP contribution in [-0.2, 0) is 17.7 Å². The second kappa shape index (κ2) is 10.5. The number of ether oxygens (including phenoxy) is 1. The van der Waals surface area contributed by atoms with Gasteiger partial charge in [0.1, 0.15) is 5.82 Å². The van der Waals surface area contributed by atoms with E-state index in [1.807, 2.05) is 0 Å². The van der Waals surface area contributed by atoms with E-state index in [2.05, 4.69) is 58.9 Å². The van der Waals surface area contributed by atoms with Crippen molar-refractivity contribution in [1.82, 2.24) is 9.97 Å². The smallest absolute Gasteiger partial charge is 0.270 e. The lowest BCUT2D eigenvalue weighted by Gasteiger charge is -2.28. The van der Waals surface area contributed by atoms with E-state index in [-0.39, 0.29) is 0 Å². The van der Waals surface area contributed by atoms with Gasteiger partial charge in [-0.3, -0.25) is 0 Å². The van der Waals surface area contributed by atoms with Crippen molar-refractivity contribution in [3.8, 4) is 0 Å². The molecule has 0 unspecified atom stereocenters. The first-order chi connectivity index (χ1) is 15.1. The molecule has 0 N–H and O–H groups in total. The molecule has 2 aliphatic rings. The fraction of sp³-hybridized carbons (Fsp3) is 0.583. The van der Waals surface area contributed by atoms with E-state index in [9.17, 15) is 0 Å². The van der Waals surface area contributed by atoms with Crippen LogP contribution in [0.15, 0.2) is 40.6 Å². The fourth-order valence-electron chi connectivity index (χ4n) is 4.76. The van der Waals surface area contributed by atoms with E-state index < -0.39 is 8.07 Å². The first kappa shape index (κ1) is 22.1. The molecule has 166 valence electrons. The number of morpholine rings is 1. The van der Waals surface area contributed by atoms with E-state index in [0.717, 1.165) is 49.8 Å². The predicted octanol–water partition coefficient (Wildman–Crippen LogP) is 5.71. The molecule has 0 saturated carbocycles. The normalized spacial score (nSPS) is 18.7. The Morgan fingerprint density at radius 1 is 1.10 bits per heavy atom. The van der Waals surface area contributed by atoms with E-state index in [1.165, 1.54) is 43.0 Å². The first-order valence-corrected chi connectivity index (χ1v) is 14.9. The van der Waals surface area contributed by atoms with Gasteiger partial charge in [-0.1, -0.05) is 73.8 Å². The van der Waals surface area contributed by atoms with Crippen LogP contribution in [0.2, 0.25) is 24.7 Å². The number of nitrogens with zero attached hydrogens (tertiary/aromatic N) is 5. The minimum absolute atomic E-state index is 0.482. The molecule has 1 aromatic carbocycles. The molecule has 7 heteroatoms. The summed E-state index contributed by atoms with van der Waals surface area (Å²) in [4.78, 5) is 11.7. The summed E-state index contributed by atoms with van der Waals surface area (Å²) < 4.78 is 5.52. The number of aryl methyl sites for hydroxylation is 2. The lowest BCUT2D eigenvalue weighted by Crippen LogP contribution is -2.36. The molecule has 2 aliphatic heterocycles. The van der Waals surface area contributed by atoms with Crippen molar-refractivity contribution < 1.29 is 4.74 Å². The van der Waals surface area contributed by atoms with Gasteiger partial charge in [-0.15, -0.1) is 5.11 Å². The van der Waals surface area contributed by atoms with Gasteiger partial charge in [0.15, 0.2) is 0 Å². The molecule has 2 fully saturated rings. The van der Waals surface area contributed by atoms with Gasteiger partial charge >= 0.3 is 0 Å². The van der Waals surface area contributed by atoms with Gasteiger partial charge in [0.05, 0.1) is 27.8 Å². The van der Waals surface area contributed by atoms with Crippen LogP contribution in [0.4, 0.5) is 11.8 Å². The minimum Gasteiger partial charge on any atom is -0.378 e. The number of aromatic nitrogens is 2. The zero-order valence-corrected chi connectivity index (χ0v) is 20.0. The first-order valence-electron chi connectivity index (χ1n) is 11.7. The molecule has 3 heterocycles. The zero-order valence-electron chi connectivity index (χ0n) is 19.0. The van der Waals surface area contributed by atoms with Gasteiger partial charge in [0, 0.05) is 24.8 Å². The van der Waals surface area contributed by atoms with Gasteiger partial charge in [-0.05, 0) is 18.9 Å². The van der Waals surface area contributed by atoms with Crippen molar-refractivity contribution in [2.75, 3.05) is 31.2 Å². The van der Waals surface area contributed by atoms with Crippen molar-refractivity contribution in [1.29, 1.82) is 0 Å². The molecular weight excluding hydrogens is 402 g/mol. The lowest BCUT2D eigenvalue weighted by molar-refractivity contribution is 0.122. The minimum atomic E-state index is -0.975. The lowest BCUT2D eigenvalue weighted by atomic mass is 10.1. The molecule has 0 aliphatic carbocycles. The average Bonchev–Trinajstić information content (AvgIpc) is 3.21. The highest BCUT2D eigenvalue weighted by Gasteiger charge is 2.30.